The van der Waals surface area contributed by atoms with Gasteiger partial charge in [0.05, 0.1) is 6.61 Å². The highest BCUT2D eigenvalue weighted by Gasteiger charge is 2.22. The third-order valence-corrected chi connectivity index (χ3v) is 3.58. The summed E-state index contributed by atoms with van der Waals surface area (Å²) in [6.07, 6.45) is 1.30. The molecule has 1 aromatic rings. The number of pyridine rings is 1. The highest BCUT2D eigenvalue weighted by atomic mass is 79.9. The number of hydrogen-bond donors (Lipinski definition) is 0. The molecule has 130 valence electrons. The zero-order valence-corrected chi connectivity index (χ0v) is 16.6. The molecule has 0 aromatic carbocycles. The first-order valence-electron chi connectivity index (χ1n) is 7.54. The smallest absolute Gasteiger partial charge is 0.410 e. The van der Waals surface area contributed by atoms with Gasteiger partial charge >= 0.3 is 6.09 Å². The van der Waals surface area contributed by atoms with Crippen molar-refractivity contribution >= 4 is 33.6 Å². The van der Waals surface area contributed by atoms with Crippen LogP contribution in [0.25, 0.3) is 0 Å². The molecule has 0 fully saturated rings. The van der Waals surface area contributed by atoms with Crippen LogP contribution in [-0.4, -0.2) is 41.3 Å². The summed E-state index contributed by atoms with van der Waals surface area (Å²) in [6, 6.07) is 1.77. The standard InChI is InChI=1S/C16H24BrClN2O3/c1-6-20(15(21)23-16(3,4)5)9-11(2)10-22-13-7-12(17)8-19-14(13)18/h7-8,11H,6,9-10H2,1-5H3/t11-/m1/s1. The Morgan fingerprint density at radius 1 is 1.48 bits per heavy atom. The molecule has 1 aromatic heterocycles. The number of aromatic nitrogens is 1. The molecule has 0 aliphatic heterocycles. The van der Waals surface area contributed by atoms with Gasteiger partial charge in [-0.05, 0) is 49.7 Å². The Kier molecular flexibility index (Phi) is 7.61. The van der Waals surface area contributed by atoms with E-state index in [1.165, 1.54) is 0 Å². The van der Waals surface area contributed by atoms with Crippen LogP contribution in [0, 0.1) is 5.92 Å². The van der Waals surface area contributed by atoms with E-state index in [1.54, 1.807) is 17.2 Å². The molecule has 0 spiro atoms. The van der Waals surface area contributed by atoms with Crippen molar-refractivity contribution in [3.8, 4) is 5.75 Å². The number of carbonyl (C=O) groups excluding carboxylic acids is 1. The van der Waals surface area contributed by atoms with Gasteiger partial charge in [-0.2, -0.15) is 0 Å². The molecule has 0 radical (unpaired) electrons. The van der Waals surface area contributed by atoms with E-state index in [1.807, 2.05) is 34.6 Å². The van der Waals surface area contributed by atoms with Gasteiger partial charge in [0.25, 0.3) is 0 Å². The number of rotatable bonds is 6. The van der Waals surface area contributed by atoms with E-state index in [0.717, 1.165) is 4.47 Å². The number of halogens is 2. The van der Waals surface area contributed by atoms with Gasteiger partial charge < -0.3 is 14.4 Å². The van der Waals surface area contributed by atoms with Crippen LogP contribution in [0.15, 0.2) is 16.7 Å². The molecular weight excluding hydrogens is 384 g/mol. The molecule has 0 unspecified atom stereocenters. The fourth-order valence-electron chi connectivity index (χ4n) is 1.83. The second-order valence-electron chi connectivity index (χ2n) is 6.38. The van der Waals surface area contributed by atoms with Gasteiger partial charge in [0, 0.05) is 29.7 Å². The topological polar surface area (TPSA) is 51.7 Å². The predicted molar refractivity (Wildman–Crippen MR) is 95.1 cm³/mol. The van der Waals surface area contributed by atoms with Crippen LogP contribution in [0.3, 0.4) is 0 Å². The van der Waals surface area contributed by atoms with Crippen molar-refractivity contribution < 1.29 is 14.3 Å². The van der Waals surface area contributed by atoms with Gasteiger partial charge in [-0.1, -0.05) is 18.5 Å². The van der Waals surface area contributed by atoms with Gasteiger partial charge in [0.2, 0.25) is 0 Å². The molecule has 1 heterocycles. The predicted octanol–water partition coefficient (Wildman–Crippen LogP) is 4.77. The number of carbonyl (C=O) groups is 1. The summed E-state index contributed by atoms with van der Waals surface area (Å²) in [5.74, 6) is 0.644. The monoisotopic (exact) mass is 406 g/mol. The molecule has 0 N–H and O–H groups in total. The fraction of sp³-hybridized carbons (Fsp3) is 0.625. The van der Waals surface area contributed by atoms with Crippen LogP contribution < -0.4 is 4.74 Å². The second-order valence-corrected chi connectivity index (χ2v) is 7.65. The molecule has 5 nitrogen and oxygen atoms in total. The molecule has 0 bridgehead atoms. The van der Waals surface area contributed by atoms with Crippen molar-refractivity contribution in [3.63, 3.8) is 0 Å². The SMILES string of the molecule is CCN(C[C@@H](C)COc1cc(Br)cnc1Cl)C(=O)OC(C)(C)C. The molecule has 0 saturated heterocycles. The Morgan fingerprint density at radius 3 is 2.70 bits per heavy atom. The van der Waals surface area contributed by atoms with Crippen LogP contribution >= 0.6 is 27.5 Å². The molecule has 23 heavy (non-hydrogen) atoms. The zero-order chi connectivity index (χ0) is 17.6. The quantitative estimate of drug-likeness (QED) is 0.637. The van der Waals surface area contributed by atoms with Crippen molar-refractivity contribution in [1.29, 1.82) is 0 Å². The van der Waals surface area contributed by atoms with E-state index in [2.05, 4.69) is 20.9 Å². The summed E-state index contributed by atoms with van der Waals surface area (Å²) in [6.45, 7) is 11.0. The first kappa shape index (κ1) is 20.0. The van der Waals surface area contributed by atoms with Crippen LogP contribution in [0.5, 0.6) is 5.75 Å². The molecule has 1 amide bonds. The molecule has 0 saturated carbocycles. The first-order chi connectivity index (χ1) is 10.6. The molecule has 7 heteroatoms. The minimum atomic E-state index is -0.500. The van der Waals surface area contributed by atoms with E-state index in [-0.39, 0.29) is 12.0 Å². The van der Waals surface area contributed by atoms with Crippen LogP contribution in [0.2, 0.25) is 5.15 Å². The fourth-order valence-corrected chi connectivity index (χ4v) is 2.29. The Hall–Kier alpha value is -1.01. The van der Waals surface area contributed by atoms with Crippen LogP contribution in [-0.2, 0) is 4.74 Å². The minimum absolute atomic E-state index is 0.123. The van der Waals surface area contributed by atoms with Crippen molar-refractivity contribution in [2.24, 2.45) is 5.92 Å². The third kappa shape index (κ3) is 7.40. The summed E-state index contributed by atoms with van der Waals surface area (Å²) in [4.78, 5) is 17.8. The lowest BCUT2D eigenvalue weighted by Crippen LogP contribution is -2.40. The lowest BCUT2D eigenvalue weighted by Gasteiger charge is -2.28. The number of hydrogen-bond acceptors (Lipinski definition) is 4. The lowest BCUT2D eigenvalue weighted by atomic mass is 10.2. The zero-order valence-electron chi connectivity index (χ0n) is 14.2. The van der Waals surface area contributed by atoms with Crippen LogP contribution in [0.1, 0.15) is 34.6 Å². The Bertz CT molecular complexity index is 535. The number of amides is 1. The third-order valence-electron chi connectivity index (χ3n) is 2.86. The van der Waals surface area contributed by atoms with E-state index >= 15 is 0 Å². The van der Waals surface area contributed by atoms with E-state index in [0.29, 0.717) is 30.6 Å². The maximum atomic E-state index is 12.1. The van der Waals surface area contributed by atoms with Crippen molar-refractivity contribution in [1.82, 2.24) is 9.88 Å². The highest BCUT2D eigenvalue weighted by Crippen LogP contribution is 2.25. The van der Waals surface area contributed by atoms with Gasteiger partial charge in [0.1, 0.15) is 5.60 Å². The van der Waals surface area contributed by atoms with Crippen molar-refractivity contribution in [3.05, 3.63) is 21.9 Å². The van der Waals surface area contributed by atoms with E-state index < -0.39 is 5.60 Å². The average molecular weight is 408 g/mol. The van der Waals surface area contributed by atoms with Crippen LogP contribution in [0.4, 0.5) is 4.79 Å². The summed E-state index contributed by atoms with van der Waals surface area (Å²) < 4.78 is 11.9. The normalized spacial score (nSPS) is 12.7. The Labute approximate surface area is 151 Å². The molecular formula is C16H24BrClN2O3. The molecule has 1 atom stereocenters. The summed E-state index contributed by atoms with van der Waals surface area (Å²) >= 11 is 9.33. The maximum Gasteiger partial charge on any atom is 0.410 e. The summed E-state index contributed by atoms with van der Waals surface area (Å²) in [5.41, 5.74) is -0.500. The van der Waals surface area contributed by atoms with Gasteiger partial charge in [-0.15, -0.1) is 0 Å². The number of ether oxygens (including phenoxy) is 2. The first-order valence-corrected chi connectivity index (χ1v) is 8.71. The second kappa shape index (κ2) is 8.73. The maximum absolute atomic E-state index is 12.1. The molecule has 1 rings (SSSR count). The van der Waals surface area contributed by atoms with Crippen molar-refractivity contribution in [2.45, 2.75) is 40.2 Å². The molecule has 0 aliphatic carbocycles. The lowest BCUT2D eigenvalue weighted by molar-refractivity contribution is 0.0222. The number of nitrogens with zero attached hydrogens (tertiary/aromatic N) is 2. The minimum Gasteiger partial charge on any atom is -0.490 e. The van der Waals surface area contributed by atoms with Gasteiger partial charge in [-0.25, -0.2) is 9.78 Å². The van der Waals surface area contributed by atoms with Gasteiger partial charge in [-0.3, -0.25) is 0 Å². The highest BCUT2D eigenvalue weighted by molar-refractivity contribution is 9.10. The van der Waals surface area contributed by atoms with Crippen molar-refractivity contribution in [2.75, 3.05) is 19.7 Å². The summed E-state index contributed by atoms with van der Waals surface area (Å²) in [5, 5.41) is 0.319. The van der Waals surface area contributed by atoms with Gasteiger partial charge in [0.15, 0.2) is 10.9 Å². The van der Waals surface area contributed by atoms with E-state index in [4.69, 9.17) is 21.1 Å². The summed E-state index contributed by atoms with van der Waals surface area (Å²) in [7, 11) is 0. The Morgan fingerprint density at radius 2 is 2.13 bits per heavy atom. The largest absolute Gasteiger partial charge is 0.490 e. The van der Waals surface area contributed by atoms with E-state index in [9.17, 15) is 4.79 Å². The average Bonchev–Trinajstić information content (AvgIpc) is 2.43. The molecule has 0 aliphatic rings. The Balaban J connectivity index is 2.55.